The van der Waals surface area contributed by atoms with E-state index in [0.717, 1.165) is 33.7 Å². The maximum absolute atomic E-state index is 7.31. The van der Waals surface area contributed by atoms with Gasteiger partial charge in [-0.25, -0.2) is 9.97 Å². The van der Waals surface area contributed by atoms with E-state index in [1.165, 1.54) is 6.33 Å². The maximum atomic E-state index is 7.31. The van der Waals surface area contributed by atoms with Gasteiger partial charge in [-0.15, -0.1) is 5.10 Å². The summed E-state index contributed by atoms with van der Waals surface area (Å²) in [7, 11) is -2.55. The van der Waals surface area contributed by atoms with Gasteiger partial charge in [-0.05, 0) is 42.3 Å². The van der Waals surface area contributed by atoms with Crippen LogP contribution in [0.25, 0.3) is 22.3 Å². The molecule has 13 heteroatoms. The maximum Gasteiger partial charge on any atom is 0.192 e. The van der Waals surface area contributed by atoms with Crippen LogP contribution in [-0.2, 0) is 26.4 Å². The van der Waals surface area contributed by atoms with Gasteiger partial charge in [0, 0.05) is 30.3 Å². The summed E-state index contributed by atoms with van der Waals surface area (Å²) in [5.74, 6) is 1.89. The summed E-state index contributed by atoms with van der Waals surface area (Å²) in [6.45, 7) is 22.8. The minimum Gasteiger partial charge on any atom is -0.408 e. The Morgan fingerprint density at radius 3 is 2.17 bits per heavy atom. The van der Waals surface area contributed by atoms with Crippen molar-refractivity contribution in [1.29, 1.82) is 0 Å². The highest BCUT2D eigenvalue weighted by atomic mass is 32.2. The van der Waals surface area contributed by atoms with Crippen LogP contribution >= 0.6 is 11.8 Å². The van der Waals surface area contributed by atoms with Gasteiger partial charge in [0.05, 0.1) is 17.2 Å². The Morgan fingerprint density at radius 1 is 0.913 bits per heavy atom. The van der Waals surface area contributed by atoms with Crippen LogP contribution in [0.2, 0.25) is 36.3 Å². The van der Waals surface area contributed by atoms with E-state index in [2.05, 4.69) is 105 Å². The molecule has 46 heavy (non-hydrogen) atoms. The van der Waals surface area contributed by atoms with E-state index in [4.69, 9.17) is 19.3 Å². The highest BCUT2D eigenvalue weighted by Crippen LogP contribution is 2.47. The number of nitrogen functional groups attached to an aromatic ring is 1. The number of benzene rings is 1. The molecule has 0 spiro atoms. The molecular formula is C33H51N7O3SSi2. The fourth-order valence-electron chi connectivity index (χ4n) is 5.19. The van der Waals surface area contributed by atoms with Crippen LogP contribution in [0.3, 0.4) is 0 Å². The Morgan fingerprint density at radius 2 is 1.54 bits per heavy atom. The first-order valence-electron chi connectivity index (χ1n) is 16.0. The minimum atomic E-state index is -2.26. The van der Waals surface area contributed by atoms with E-state index >= 15 is 0 Å². The van der Waals surface area contributed by atoms with Gasteiger partial charge in [0.1, 0.15) is 35.7 Å². The van der Waals surface area contributed by atoms with Crippen LogP contribution in [0.4, 0.5) is 5.82 Å². The molecule has 250 valence electrons. The topological polar surface area (TPSA) is 115 Å². The Labute approximate surface area is 280 Å². The number of anilines is 1. The van der Waals surface area contributed by atoms with Crippen molar-refractivity contribution in [2.75, 3.05) is 11.5 Å². The van der Waals surface area contributed by atoms with E-state index in [-0.39, 0.29) is 28.4 Å². The number of nitrogens with zero attached hydrogens (tertiary/aromatic N) is 6. The van der Waals surface area contributed by atoms with E-state index in [1.54, 1.807) is 0 Å². The first kappa shape index (κ1) is 34.8. The van der Waals surface area contributed by atoms with E-state index in [9.17, 15) is 0 Å². The molecule has 4 heterocycles. The van der Waals surface area contributed by atoms with Crippen molar-refractivity contribution < 1.29 is 13.6 Å². The van der Waals surface area contributed by atoms with Gasteiger partial charge >= 0.3 is 0 Å². The Hall–Kier alpha value is -2.56. The third kappa shape index (κ3) is 6.85. The van der Waals surface area contributed by atoms with Crippen LogP contribution in [-0.4, -0.2) is 70.2 Å². The molecule has 0 unspecified atom stereocenters. The van der Waals surface area contributed by atoms with Gasteiger partial charge in [-0.2, -0.15) is 11.8 Å². The fraction of sp³-hybridized carbons (Fsp3) is 0.576. The molecule has 1 aliphatic rings. The van der Waals surface area contributed by atoms with Gasteiger partial charge in [0.25, 0.3) is 0 Å². The van der Waals surface area contributed by atoms with Gasteiger partial charge in [-0.1, -0.05) is 77.1 Å². The summed E-state index contributed by atoms with van der Waals surface area (Å²) < 4.78 is 25.6. The molecule has 4 atom stereocenters. The molecule has 1 aliphatic heterocycles. The number of aryl methyl sites for hydroxylation is 1. The number of aromatic nitrogens is 6. The normalized spacial score (nSPS) is 21.4. The fourth-order valence-corrected chi connectivity index (χ4v) is 8.93. The molecule has 0 radical (unpaired) electrons. The molecule has 5 rings (SSSR count). The van der Waals surface area contributed by atoms with Crippen LogP contribution < -0.4 is 5.73 Å². The molecule has 0 amide bonds. The number of rotatable bonds is 10. The van der Waals surface area contributed by atoms with E-state index in [0.29, 0.717) is 11.6 Å². The van der Waals surface area contributed by atoms with Crippen molar-refractivity contribution in [3.63, 3.8) is 0 Å². The quantitative estimate of drug-likeness (QED) is 0.171. The lowest BCUT2D eigenvalue weighted by Gasteiger charge is -2.44. The molecule has 10 nitrogen and oxygen atoms in total. The Kier molecular flexibility index (Phi) is 9.68. The number of hydrogen-bond acceptors (Lipinski definition) is 9. The Balaban J connectivity index is 1.52. The second-order valence-electron chi connectivity index (χ2n) is 15.4. The molecule has 1 saturated heterocycles. The number of fused-ring (bicyclic) bond motifs is 1. The summed E-state index contributed by atoms with van der Waals surface area (Å²) in [6.07, 6.45) is 2.22. The first-order chi connectivity index (χ1) is 21.4. The molecule has 1 fully saturated rings. The lowest BCUT2D eigenvalue weighted by molar-refractivity contribution is -0.0244. The van der Waals surface area contributed by atoms with Crippen LogP contribution in [0.1, 0.15) is 53.5 Å². The molecule has 0 saturated carbocycles. The first-order valence-corrected chi connectivity index (χ1v) is 23.0. The smallest absolute Gasteiger partial charge is 0.192 e. The number of thioether (sulfide) groups is 1. The standard InChI is InChI=1S/C33H51N7O3SSi2/c1-32(2,3)45(8,9)42-27-25(20-44-19-24-26(37-38-39(24)7)22-15-13-12-14-16-22)41-31(28(27)43-46(10,11)33(4,5)6)40-18-17-23-29(34)35-21-36-30(23)40/h12-18,21,25,27-28,31H,19-20H2,1-11H3,(H2,34,35,36)/t25-,27-,28-,31-/m1/s1. The summed E-state index contributed by atoms with van der Waals surface area (Å²) in [6, 6.07) is 12.2. The van der Waals surface area contributed by atoms with Gasteiger partial charge in [0.2, 0.25) is 0 Å². The summed E-state index contributed by atoms with van der Waals surface area (Å²) in [5, 5.41) is 9.65. The Bertz CT molecular complexity index is 1650. The number of ether oxygens (including phenoxy) is 1. The highest BCUT2D eigenvalue weighted by molar-refractivity contribution is 7.98. The molecule has 0 bridgehead atoms. The second kappa shape index (κ2) is 12.8. The predicted molar refractivity (Wildman–Crippen MR) is 193 cm³/mol. The number of nitrogens with two attached hydrogens (primary N) is 1. The van der Waals surface area contributed by atoms with E-state index in [1.807, 2.05) is 54.0 Å². The van der Waals surface area contributed by atoms with Crippen molar-refractivity contribution in [1.82, 2.24) is 29.5 Å². The molecule has 0 aliphatic carbocycles. The second-order valence-corrected chi connectivity index (χ2v) is 25.9. The largest absolute Gasteiger partial charge is 0.408 e. The molecule has 1 aromatic carbocycles. The van der Waals surface area contributed by atoms with Crippen molar-refractivity contribution in [3.8, 4) is 11.3 Å². The van der Waals surface area contributed by atoms with Crippen molar-refractivity contribution in [2.45, 2.75) is 108 Å². The molecule has 4 aromatic rings. The third-order valence-electron chi connectivity index (χ3n) is 10.1. The predicted octanol–water partition coefficient (Wildman–Crippen LogP) is 7.42. The zero-order valence-electron chi connectivity index (χ0n) is 29.2. The number of hydrogen-bond donors (Lipinski definition) is 1. The van der Waals surface area contributed by atoms with Gasteiger partial charge in [-0.3, -0.25) is 4.68 Å². The summed E-state index contributed by atoms with van der Waals surface area (Å²) >= 11 is 1.81. The van der Waals surface area contributed by atoms with E-state index < -0.39 is 22.9 Å². The minimum absolute atomic E-state index is 0.00235. The monoisotopic (exact) mass is 681 g/mol. The lowest BCUT2D eigenvalue weighted by atomic mass is 10.1. The SMILES string of the molecule is Cn1nnc(-c2ccccc2)c1CSC[C@H]1O[C@@H](n2ccc3c(N)ncnc32)[C@H](O[Si](C)(C)C(C)(C)C)[C@@H]1O[Si](C)(C)C(C)(C)C. The van der Waals surface area contributed by atoms with Crippen LogP contribution in [0.15, 0.2) is 48.9 Å². The van der Waals surface area contributed by atoms with Crippen molar-refractivity contribution in [3.05, 3.63) is 54.6 Å². The molecule has 3 aromatic heterocycles. The van der Waals surface area contributed by atoms with Gasteiger partial charge < -0.3 is 23.9 Å². The summed E-state index contributed by atoms with van der Waals surface area (Å²) in [5.41, 5.74) is 10.0. The summed E-state index contributed by atoms with van der Waals surface area (Å²) in [4.78, 5) is 8.85. The van der Waals surface area contributed by atoms with Crippen molar-refractivity contribution in [2.24, 2.45) is 7.05 Å². The average molecular weight is 682 g/mol. The van der Waals surface area contributed by atoms with Crippen LogP contribution in [0, 0.1) is 0 Å². The zero-order valence-corrected chi connectivity index (χ0v) is 32.1. The average Bonchev–Trinajstić information content (AvgIpc) is 3.64. The molecule has 2 N–H and O–H groups in total. The highest BCUT2D eigenvalue weighted by Gasteiger charge is 2.54. The van der Waals surface area contributed by atoms with Gasteiger partial charge in [0.15, 0.2) is 22.9 Å². The lowest BCUT2D eigenvalue weighted by Crippen LogP contribution is -2.53. The third-order valence-corrected chi connectivity index (χ3v) is 20.1. The van der Waals surface area contributed by atoms with Crippen LogP contribution in [0.5, 0.6) is 0 Å². The zero-order chi connectivity index (χ0) is 33.7. The van der Waals surface area contributed by atoms with Crippen molar-refractivity contribution >= 4 is 45.2 Å². The molecular weight excluding hydrogens is 631 g/mol.